The molecule has 10 heteroatoms. The first-order chi connectivity index (χ1) is 13.3. The number of hydrogen-bond donors (Lipinski definition) is 3. The van der Waals surface area contributed by atoms with Crippen molar-refractivity contribution in [1.82, 2.24) is 4.72 Å². The van der Waals surface area contributed by atoms with Gasteiger partial charge in [0.05, 0.1) is 9.79 Å². The molecule has 0 aliphatic heterocycles. The summed E-state index contributed by atoms with van der Waals surface area (Å²) in [7, 11) is -7.38. The molecule has 0 radical (unpaired) electrons. The van der Waals surface area contributed by atoms with E-state index in [-0.39, 0.29) is 22.1 Å². The fraction of sp³-hybridized carbons (Fsp3) is 0.316. The maximum absolute atomic E-state index is 12.3. The van der Waals surface area contributed by atoms with Crippen LogP contribution in [0.25, 0.3) is 0 Å². The molecular weight excluding hydrogens is 414 g/mol. The van der Waals surface area contributed by atoms with E-state index in [1.165, 1.54) is 36.4 Å². The predicted molar refractivity (Wildman–Crippen MR) is 111 cm³/mol. The van der Waals surface area contributed by atoms with Gasteiger partial charge in [0.25, 0.3) is 0 Å². The molecule has 0 bridgehead atoms. The van der Waals surface area contributed by atoms with Crippen LogP contribution in [-0.2, 0) is 31.3 Å². The second-order valence-corrected chi connectivity index (χ2v) is 10.9. The van der Waals surface area contributed by atoms with Crippen LogP contribution in [0.5, 0.6) is 0 Å². The second kappa shape index (κ2) is 8.62. The van der Waals surface area contributed by atoms with Gasteiger partial charge in [-0.1, -0.05) is 12.1 Å². The molecule has 4 N–H and O–H groups in total. The van der Waals surface area contributed by atoms with Crippen LogP contribution in [0.15, 0.2) is 58.3 Å². The number of amides is 1. The van der Waals surface area contributed by atoms with Gasteiger partial charge in [-0.05, 0) is 69.2 Å². The maximum Gasteiger partial charge on any atom is 0.241 e. The minimum Gasteiger partial charge on any atom is -0.326 e. The Morgan fingerprint density at radius 3 is 1.90 bits per heavy atom. The number of rotatable bonds is 7. The summed E-state index contributed by atoms with van der Waals surface area (Å²) in [5.41, 5.74) is 0.693. The molecule has 8 nitrogen and oxygen atoms in total. The summed E-state index contributed by atoms with van der Waals surface area (Å²) in [5.74, 6) is -0.251. The van der Waals surface area contributed by atoms with E-state index in [9.17, 15) is 21.6 Å². The van der Waals surface area contributed by atoms with Crippen molar-refractivity contribution in [3.63, 3.8) is 0 Å². The summed E-state index contributed by atoms with van der Waals surface area (Å²) >= 11 is 0. The average molecular weight is 440 g/mol. The highest BCUT2D eigenvalue weighted by Crippen LogP contribution is 2.16. The molecule has 0 atom stereocenters. The maximum atomic E-state index is 12.3. The van der Waals surface area contributed by atoms with Gasteiger partial charge in [-0.15, -0.1) is 0 Å². The lowest BCUT2D eigenvalue weighted by molar-refractivity contribution is -0.116. The zero-order chi connectivity index (χ0) is 21.9. The van der Waals surface area contributed by atoms with Crippen molar-refractivity contribution < 1.29 is 21.6 Å². The van der Waals surface area contributed by atoms with E-state index in [1.54, 1.807) is 32.9 Å². The van der Waals surface area contributed by atoms with Crippen molar-refractivity contribution in [1.29, 1.82) is 0 Å². The van der Waals surface area contributed by atoms with Crippen molar-refractivity contribution in [3.05, 3.63) is 54.1 Å². The number of aryl methyl sites for hydroxylation is 1. The average Bonchev–Trinajstić information content (AvgIpc) is 2.58. The highest BCUT2D eigenvalue weighted by atomic mass is 32.2. The smallest absolute Gasteiger partial charge is 0.241 e. The van der Waals surface area contributed by atoms with E-state index in [0.29, 0.717) is 12.1 Å². The van der Waals surface area contributed by atoms with Crippen LogP contribution in [0.1, 0.15) is 32.8 Å². The van der Waals surface area contributed by atoms with Crippen LogP contribution >= 0.6 is 0 Å². The molecule has 0 saturated heterocycles. The third kappa shape index (κ3) is 7.24. The molecule has 0 aromatic heterocycles. The normalized spacial score (nSPS) is 12.6. The lowest BCUT2D eigenvalue weighted by Gasteiger charge is -2.20. The first kappa shape index (κ1) is 23.0. The predicted octanol–water partition coefficient (Wildman–Crippen LogP) is 1.98. The summed E-state index contributed by atoms with van der Waals surface area (Å²) in [6.45, 7) is 5.29. The molecule has 2 aromatic carbocycles. The summed E-state index contributed by atoms with van der Waals surface area (Å²) in [4.78, 5) is 12.2. The van der Waals surface area contributed by atoms with Gasteiger partial charge in [0.1, 0.15) is 0 Å². The molecule has 2 rings (SSSR count). The standard InChI is InChI=1S/C19H25N3O5S2/c1-19(2,3)22-29(26,27)17-9-4-14(5-10-17)6-13-18(23)21-15-7-11-16(12-8-15)28(20,24)25/h4-5,7-12,22H,6,13H2,1-3H3,(H,21,23)(H2,20,24,25). The van der Waals surface area contributed by atoms with Crippen molar-refractivity contribution >= 4 is 31.6 Å². The molecule has 0 spiro atoms. The largest absolute Gasteiger partial charge is 0.326 e. The van der Waals surface area contributed by atoms with Gasteiger partial charge in [0.15, 0.2) is 0 Å². The summed E-state index contributed by atoms with van der Waals surface area (Å²) in [6, 6.07) is 11.9. The molecule has 0 aliphatic carbocycles. The Morgan fingerprint density at radius 2 is 1.41 bits per heavy atom. The van der Waals surface area contributed by atoms with Gasteiger partial charge < -0.3 is 5.32 Å². The first-order valence-corrected chi connectivity index (χ1v) is 11.8. The fourth-order valence-electron chi connectivity index (χ4n) is 2.51. The molecule has 0 unspecified atom stereocenters. The summed E-state index contributed by atoms with van der Waals surface area (Å²) < 4.78 is 49.6. The number of hydrogen-bond acceptors (Lipinski definition) is 5. The van der Waals surface area contributed by atoms with E-state index >= 15 is 0 Å². The zero-order valence-electron chi connectivity index (χ0n) is 16.5. The molecule has 158 valence electrons. The Hall–Kier alpha value is -2.27. The van der Waals surface area contributed by atoms with E-state index in [0.717, 1.165) is 5.56 Å². The summed E-state index contributed by atoms with van der Waals surface area (Å²) in [5, 5.41) is 7.70. The third-order valence-corrected chi connectivity index (χ3v) is 6.48. The molecule has 0 fully saturated rings. The Kier molecular flexibility index (Phi) is 6.84. The van der Waals surface area contributed by atoms with Crippen LogP contribution in [0, 0.1) is 0 Å². The van der Waals surface area contributed by atoms with Gasteiger partial charge in [0.2, 0.25) is 26.0 Å². The number of carbonyl (C=O) groups excluding carboxylic acids is 1. The lowest BCUT2D eigenvalue weighted by atomic mass is 10.1. The highest BCUT2D eigenvalue weighted by Gasteiger charge is 2.21. The first-order valence-electron chi connectivity index (χ1n) is 8.82. The van der Waals surface area contributed by atoms with Crippen molar-refractivity contribution in [2.45, 2.75) is 48.9 Å². The van der Waals surface area contributed by atoms with Crippen molar-refractivity contribution in [2.24, 2.45) is 5.14 Å². The van der Waals surface area contributed by atoms with Crippen LogP contribution < -0.4 is 15.2 Å². The number of carbonyl (C=O) groups is 1. The number of nitrogens with two attached hydrogens (primary N) is 1. The van der Waals surface area contributed by atoms with E-state index < -0.39 is 25.6 Å². The Labute approximate surface area is 171 Å². The van der Waals surface area contributed by atoms with Crippen molar-refractivity contribution in [3.8, 4) is 0 Å². The van der Waals surface area contributed by atoms with Gasteiger partial charge in [-0.3, -0.25) is 4.79 Å². The van der Waals surface area contributed by atoms with Gasteiger partial charge in [-0.25, -0.2) is 26.7 Å². The third-order valence-electron chi connectivity index (χ3n) is 3.78. The molecule has 1 amide bonds. The number of primary sulfonamides is 1. The zero-order valence-corrected chi connectivity index (χ0v) is 18.1. The minimum absolute atomic E-state index is 0.0357. The second-order valence-electron chi connectivity index (χ2n) is 7.62. The van der Waals surface area contributed by atoms with Crippen LogP contribution in [0.2, 0.25) is 0 Å². The highest BCUT2D eigenvalue weighted by molar-refractivity contribution is 7.89. The van der Waals surface area contributed by atoms with E-state index in [2.05, 4.69) is 10.0 Å². The van der Waals surface area contributed by atoms with Gasteiger partial charge in [0, 0.05) is 17.6 Å². The van der Waals surface area contributed by atoms with Crippen LogP contribution in [0.4, 0.5) is 5.69 Å². The molecular formula is C19H25N3O5S2. The fourth-order valence-corrected chi connectivity index (χ4v) is 4.44. The number of nitrogens with one attached hydrogen (secondary N) is 2. The molecule has 0 saturated carbocycles. The molecule has 0 heterocycles. The Morgan fingerprint density at radius 1 is 0.897 bits per heavy atom. The number of benzene rings is 2. The SMILES string of the molecule is CC(C)(C)NS(=O)(=O)c1ccc(CCC(=O)Nc2ccc(S(N)(=O)=O)cc2)cc1. The molecule has 29 heavy (non-hydrogen) atoms. The van der Waals surface area contributed by atoms with Gasteiger partial charge >= 0.3 is 0 Å². The van der Waals surface area contributed by atoms with Crippen molar-refractivity contribution in [2.75, 3.05) is 5.32 Å². The van der Waals surface area contributed by atoms with Gasteiger partial charge in [-0.2, -0.15) is 0 Å². The van der Waals surface area contributed by atoms with Crippen LogP contribution in [-0.4, -0.2) is 28.3 Å². The Balaban J connectivity index is 1.94. The monoisotopic (exact) mass is 439 g/mol. The lowest BCUT2D eigenvalue weighted by Crippen LogP contribution is -2.40. The molecule has 2 aromatic rings. The van der Waals surface area contributed by atoms with Crippen LogP contribution in [0.3, 0.4) is 0 Å². The van der Waals surface area contributed by atoms with E-state index in [1.807, 2.05) is 0 Å². The number of anilines is 1. The molecule has 0 aliphatic rings. The summed E-state index contributed by atoms with van der Waals surface area (Å²) in [6.07, 6.45) is 0.609. The topological polar surface area (TPSA) is 135 Å². The Bertz CT molecular complexity index is 1070. The quantitative estimate of drug-likeness (QED) is 0.606. The number of sulfonamides is 2. The minimum atomic E-state index is -3.78. The van der Waals surface area contributed by atoms with E-state index in [4.69, 9.17) is 5.14 Å².